The van der Waals surface area contributed by atoms with E-state index in [1.165, 1.54) is 44.5 Å². The molecule has 2 atom stereocenters. The van der Waals surface area contributed by atoms with Crippen molar-refractivity contribution in [3.8, 4) is 5.82 Å². The highest BCUT2D eigenvalue weighted by Crippen LogP contribution is 2.38. The quantitative estimate of drug-likeness (QED) is 0.857. The van der Waals surface area contributed by atoms with E-state index < -0.39 is 0 Å². The molecule has 3 nitrogen and oxygen atoms in total. The molecule has 0 spiro atoms. The third-order valence-corrected chi connectivity index (χ3v) is 5.66. The van der Waals surface area contributed by atoms with Gasteiger partial charge in [0.25, 0.3) is 0 Å². The molecule has 116 valence electrons. The fraction of sp³-hybridized carbons (Fsp3) is 0.526. The Kier molecular flexibility index (Phi) is 3.75. The lowest BCUT2D eigenvalue weighted by atomic mass is 9.74. The second-order valence-corrected chi connectivity index (χ2v) is 7.07. The molecule has 0 aliphatic carbocycles. The van der Waals surface area contributed by atoms with Gasteiger partial charge in [0, 0.05) is 25.1 Å². The maximum absolute atomic E-state index is 4.50. The van der Waals surface area contributed by atoms with E-state index in [2.05, 4.69) is 45.9 Å². The predicted octanol–water partition coefficient (Wildman–Crippen LogP) is 3.71. The number of pyridine rings is 1. The topological polar surface area (TPSA) is 21.1 Å². The van der Waals surface area contributed by atoms with E-state index in [9.17, 15) is 0 Å². The third kappa shape index (κ3) is 2.70. The highest BCUT2D eigenvalue weighted by atomic mass is 15.1. The molecule has 0 saturated carbocycles. The van der Waals surface area contributed by atoms with Gasteiger partial charge in [-0.25, -0.2) is 4.98 Å². The van der Waals surface area contributed by atoms with Gasteiger partial charge in [0.1, 0.15) is 5.82 Å². The maximum Gasteiger partial charge on any atom is 0.136 e. The van der Waals surface area contributed by atoms with Crippen LogP contribution in [0.1, 0.15) is 37.7 Å². The van der Waals surface area contributed by atoms with Gasteiger partial charge in [-0.15, -0.1) is 0 Å². The lowest BCUT2D eigenvalue weighted by Gasteiger charge is -2.45. The molecule has 3 aliphatic heterocycles. The number of nitrogens with zero attached hydrogens (tertiary/aromatic N) is 3. The molecule has 5 heterocycles. The van der Waals surface area contributed by atoms with Crippen LogP contribution in [0, 0.1) is 11.8 Å². The Morgan fingerprint density at radius 2 is 2.00 bits per heavy atom. The SMILES string of the molecule is CC(CC1CN2CCC1CC2)c1ccnc(-n2cccc2)c1. The minimum atomic E-state index is 0.614. The summed E-state index contributed by atoms with van der Waals surface area (Å²) in [4.78, 5) is 7.17. The first kappa shape index (κ1) is 14.0. The highest BCUT2D eigenvalue weighted by Gasteiger charge is 2.34. The van der Waals surface area contributed by atoms with Crippen LogP contribution in [0.25, 0.3) is 5.82 Å². The number of piperidine rings is 3. The Morgan fingerprint density at radius 3 is 2.68 bits per heavy atom. The van der Waals surface area contributed by atoms with Crippen molar-refractivity contribution < 1.29 is 0 Å². The molecule has 2 bridgehead atoms. The monoisotopic (exact) mass is 295 g/mol. The predicted molar refractivity (Wildman–Crippen MR) is 89.3 cm³/mol. The number of aromatic nitrogens is 2. The van der Waals surface area contributed by atoms with Gasteiger partial charge in [-0.05, 0) is 79.9 Å². The molecule has 3 heteroatoms. The first-order valence-corrected chi connectivity index (χ1v) is 8.61. The van der Waals surface area contributed by atoms with Crippen LogP contribution in [0.5, 0.6) is 0 Å². The molecule has 2 aromatic heterocycles. The van der Waals surface area contributed by atoms with Gasteiger partial charge in [-0.2, -0.15) is 0 Å². The molecular formula is C19H25N3. The lowest BCUT2D eigenvalue weighted by molar-refractivity contribution is 0.0438. The number of hydrogen-bond donors (Lipinski definition) is 0. The van der Waals surface area contributed by atoms with Crippen molar-refractivity contribution in [1.29, 1.82) is 0 Å². The largest absolute Gasteiger partial charge is 0.309 e. The van der Waals surface area contributed by atoms with Gasteiger partial charge < -0.3 is 9.47 Å². The summed E-state index contributed by atoms with van der Waals surface area (Å²) in [5, 5.41) is 0. The van der Waals surface area contributed by atoms with Crippen LogP contribution in [-0.2, 0) is 0 Å². The van der Waals surface area contributed by atoms with Crippen LogP contribution in [0.3, 0.4) is 0 Å². The summed E-state index contributed by atoms with van der Waals surface area (Å²) in [6.07, 6.45) is 10.2. The Bertz CT molecular complexity index is 611. The van der Waals surface area contributed by atoms with Crippen molar-refractivity contribution in [2.24, 2.45) is 11.8 Å². The standard InChI is InChI=1S/C19H25N3/c1-15(12-18-14-21-10-5-16(18)6-11-21)17-4-7-20-19(13-17)22-8-2-3-9-22/h2-4,7-9,13,15-16,18H,5-6,10-12,14H2,1H3. The first-order chi connectivity index (χ1) is 10.8. The minimum absolute atomic E-state index is 0.614. The Morgan fingerprint density at radius 1 is 1.23 bits per heavy atom. The van der Waals surface area contributed by atoms with E-state index >= 15 is 0 Å². The molecule has 22 heavy (non-hydrogen) atoms. The normalized spacial score (nSPS) is 28.7. The van der Waals surface area contributed by atoms with E-state index in [1.54, 1.807) is 0 Å². The zero-order valence-corrected chi connectivity index (χ0v) is 13.4. The Balaban J connectivity index is 1.48. The van der Waals surface area contributed by atoms with Gasteiger partial charge >= 0.3 is 0 Å². The van der Waals surface area contributed by atoms with Gasteiger partial charge in [0.15, 0.2) is 0 Å². The van der Waals surface area contributed by atoms with Crippen molar-refractivity contribution in [2.75, 3.05) is 19.6 Å². The van der Waals surface area contributed by atoms with E-state index in [0.29, 0.717) is 5.92 Å². The maximum atomic E-state index is 4.50. The van der Waals surface area contributed by atoms with Gasteiger partial charge in [0.05, 0.1) is 0 Å². The van der Waals surface area contributed by atoms with Crippen LogP contribution in [-0.4, -0.2) is 34.1 Å². The van der Waals surface area contributed by atoms with Crippen molar-refractivity contribution in [2.45, 2.75) is 32.1 Å². The smallest absolute Gasteiger partial charge is 0.136 e. The minimum Gasteiger partial charge on any atom is -0.309 e. The number of hydrogen-bond acceptors (Lipinski definition) is 2. The fourth-order valence-electron chi connectivity index (χ4n) is 4.31. The van der Waals surface area contributed by atoms with Gasteiger partial charge in [-0.1, -0.05) is 6.92 Å². The summed E-state index contributed by atoms with van der Waals surface area (Å²) in [6, 6.07) is 8.54. The van der Waals surface area contributed by atoms with Crippen molar-refractivity contribution >= 4 is 0 Å². The third-order valence-electron chi connectivity index (χ3n) is 5.66. The van der Waals surface area contributed by atoms with E-state index in [4.69, 9.17) is 0 Å². The average Bonchev–Trinajstić information content (AvgIpc) is 3.11. The highest BCUT2D eigenvalue weighted by molar-refractivity contribution is 5.30. The van der Waals surface area contributed by atoms with E-state index in [1.807, 2.05) is 18.3 Å². The zero-order valence-electron chi connectivity index (χ0n) is 13.4. The number of fused-ring (bicyclic) bond motifs is 3. The number of rotatable bonds is 4. The molecular weight excluding hydrogens is 270 g/mol. The fourth-order valence-corrected chi connectivity index (χ4v) is 4.31. The molecule has 3 saturated heterocycles. The molecule has 0 aromatic carbocycles. The second kappa shape index (κ2) is 5.88. The van der Waals surface area contributed by atoms with Crippen molar-refractivity contribution in [1.82, 2.24) is 14.5 Å². The van der Waals surface area contributed by atoms with Crippen LogP contribution < -0.4 is 0 Å². The van der Waals surface area contributed by atoms with Crippen LogP contribution in [0.2, 0.25) is 0 Å². The zero-order chi connectivity index (χ0) is 14.9. The van der Waals surface area contributed by atoms with Gasteiger partial charge in [0.2, 0.25) is 0 Å². The van der Waals surface area contributed by atoms with E-state index in [0.717, 1.165) is 17.7 Å². The Hall–Kier alpha value is -1.61. The second-order valence-electron chi connectivity index (χ2n) is 7.07. The molecule has 2 unspecified atom stereocenters. The van der Waals surface area contributed by atoms with Crippen molar-refractivity contribution in [3.05, 3.63) is 48.4 Å². The summed E-state index contributed by atoms with van der Waals surface area (Å²) in [5.74, 6) is 3.50. The van der Waals surface area contributed by atoms with Crippen molar-refractivity contribution in [3.63, 3.8) is 0 Å². The Labute approximate surface area is 133 Å². The summed E-state index contributed by atoms with van der Waals surface area (Å²) < 4.78 is 2.09. The average molecular weight is 295 g/mol. The lowest BCUT2D eigenvalue weighted by Crippen LogP contribution is -2.47. The molecule has 3 aliphatic rings. The van der Waals surface area contributed by atoms with Gasteiger partial charge in [-0.3, -0.25) is 0 Å². The van der Waals surface area contributed by atoms with Crippen LogP contribution >= 0.6 is 0 Å². The molecule has 0 N–H and O–H groups in total. The van der Waals surface area contributed by atoms with Crippen LogP contribution in [0.4, 0.5) is 0 Å². The molecule has 3 fully saturated rings. The summed E-state index contributed by atoms with van der Waals surface area (Å²) >= 11 is 0. The molecule has 2 aromatic rings. The first-order valence-electron chi connectivity index (χ1n) is 8.61. The molecule has 0 amide bonds. The molecule has 0 radical (unpaired) electrons. The van der Waals surface area contributed by atoms with Crippen LogP contribution in [0.15, 0.2) is 42.9 Å². The summed E-state index contributed by atoms with van der Waals surface area (Å²) in [5.41, 5.74) is 1.43. The van der Waals surface area contributed by atoms with E-state index in [-0.39, 0.29) is 0 Å². The summed E-state index contributed by atoms with van der Waals surface area (Å²) in [6.45, 7) is 6.38. The molecule has 5 rings (SSSR count). The summed E-state index contributed by atoms with van der Waals surface area (Å²) in [7, 11) is 0.